The highest BCUT2D eigenvalue weighted by Gasteiger charge is 2.23. The maximum Gasteiger partial charge on any atom is 0.257 e. The Morgan fingerprint density at radius 2 is 1.96 bits per heavy atom. The molecule has 0 aromatic heterocycles. The van der Waals surface area contributed by atoms with Gasteiger partial charge in [-0.2, -0.15) is 0 Å². The second-order valence-electron chi connectivity index (χ2n) is 5.76. The SMILES string of the molecule is CCNC(=NCC(F)F)N1CCN(C(=O)Cc2cccc(Cl)c2)CC1. The molecule has 1 fully saturated rings. The van der Waals surface area contributed by atoms with Crippen LogP contribution < -0.4 is 5.32 Å². The van der Waals surface area contributed by atoms with Crippen molar-refractivity contribution in [3.8, 4) is 0 Å². The minimum Gasteiger partial charge on any atom is -0.357 e. The lowest BCUT2D eigenvalue weighted by molar-refractivity contribution is -0.131. The zero-order valence-electron chi connectivity index (χ0n) is 14.2. The van der Waals surface area contributed by atoms with Crippen molar-refractivity contribution in [2.24, 2.45) is 4.99 Å². The van der Waals surface area contributed by atoms with Crippen molar-refractivity contribution in [3.63, 3.8) is 0 Å². The maximum atomic E-state index is 12.4. The number of amides is 1. The molecule has 1 aliphatic rings. The van der Waals surface area contributed by atoms with Gasteiger partial charge in [0.15, 0.2) is 5.96 Å². The Hall–Kier alpha value is -1.89. The third-order valence-electron chi connectivity index (χ3n) is 3.89. The fourth-order valence-corrected chi connectivity index (χ4v) is 2.90. The second kappa shape index (κ2) is 9.56. The molecule has 0 atom stereocenters. The van der Waals surface area contributed by atoms with Crippen LogP contribution in [0.1, 0.15) is 12.5 Å². The van der Waals surface area contributed by atoms with Gasteiger partial charge in [0, 0.05) is 37.7 Å². The Labute approximate surface area is 151 Å². The third-order valence-corrected chi connectivity index (χ3v) is 4.13. The first-order chi connectivity index (χ1) is 12.0. The Kier molecular flexibility index (Phi) is 7.43. The molecule has 2 rings (SSSR count). The van der Waals surface area contributed by atoms with Crippen molar-refractivity contribution >= 4 is 23.5 Å². The van der Waals surface area contributed by atoms with Crippen molar-refractivity contribution < 1.29 is 13.6 Å². The summed E-state index contributed by atoms with van der Waals surface area (Å²) in [7, 11) is 0. The van der Waals surface area contributed by atoms with Crippen LogP contribution in [-0.4, -0.2) is 67.4 Å². The van der Waals surface area contributed by atoms with Gasteiger partial charge in [0.1, 0.15) is 6.54 Å². The van der Waals surface area contributed by atoms with Gasteiger partial charge in [-0.3, -0.25) is 4.79 Å². The average Bonchev–Trinajstić information content (AvgIpc) is 2.58. The van der Waals surface area contributed by atoms with E-state index in [4.69, 9.17) is 11.6 Å². The van der Waals surface area contributed by atoms with Gasteiger partial charge in [0.25, 0.3) is 6.43 Å². The van der Waals surface area contributed by atoms with E-state index in [1.807, 2.05) is 24.0 Å². The third kappa shape index (κ3) is 6.16. The Morgan fingerprint density at radius 1 is 1.28 bits per heavy atom. The molecule has 1 amide bonds. The van der Waals surface area contributed by atoms with Crippen LogP contribution >= 0.6 is 11.6 Å². The average molecular weight is 373 g/mol. The normalized spacial score (nSPS) is 15.6. The lowest BCUT2D eigenvalue weighted by atomic mass is 10.1. The molecule has 0 bridgehead atoms. The molecular weight excluding hydrogens is 350 g/mol. The number of hydrogen-bond acceptors (Lipinski definition) is 2. The lowest BCUT2D eigenvalue weighted by Crippen LogP contribution is -2.54. The van der Waals surface area contributed by atoms with E-state index >= 15 is 0 Å². The summed E-state index contributed by atoms with van der Waals surface area (Å²) >= 11 is 5.94. The van der Waals surface area contributed by atoms with E-state index in [-0.39, 0.29) is 5.91 Å². The number of aliphatic imine (C=N–C) groups is 1. The van der Waals surface area contributed by atoms with E-state index in [9.17, 15) is 13.6 Å². The number of benzene rings is 1. The van der Waals surface area contributed by atoms with Gasteiger partial charge in [-0.25, -0.2) is 13.8 Å². The van der Waals surface area contributed by atoms with Gasteiger partial charge in [-0.15, -0.1) is 0 Å². The van der Waals surface area contributed by atoms with Crippen molar-refractivity contribution in [2.75, 3.05) is 39.3 Å². The number of carbonyl (C=O) groups is 1. The van der Waals surface area contributed by atoms with Crippen molar-refractivity contribution in [3.05, 3.63) is 34.9 Å². The molecule has 25 heavy (non-hydrogen) atoms. The van der Waals surface area contributed by atoms with Crippen LogP contribution in [0, 0.1) is 0 Å². The summed E-state index contributed by atoms with van der Waals surface area (Å²) in [5, 5.41) is 3.63. The van der Waals surface area contributed by atoms with E-state index < -0.39 is 13.0 Å². The highest BCUT2D eigenvalue weighted by Crippen LogP contribution is 2.13. The zero-order valence-corrected chi connectivity index (χ0v) is 15.0. The summed E-state index contributed by atoms with van der Waals surface area (Å²) in [5.41, 5.74) is 0.881. The molecule has 1 heterocycles. The number of guanidine groups is 1. The van der Waals surface area contributed by atoms with E-state index in [0.717, 1.165) is 5.56 Å². The first-order valence-electron chi connectivity index (χ1n) is 8.33. The number of halogens is 3. The Balaban J connectivity index is 1.89. The van der Waals surface area contributed by atoms with E-state index in [2.05, 4.69) is 10.3 Å². The van der Waals surface area contributed by atoms with Crippen LogP contribution in [0.3, 0.4) is 0 Å². The Bertz CT molecular complexity index is 604. The molecule has 5 nitrogen and oxygen atoms in total. The molecule has 1 aromatic rings. The standard InChI is InChI=1S/C17H23ClF2N4O/c1-2-21-17(22-12-15(19)20)24-8-6-23(7-9-24)16(25)11-13-4-3-5-14(18)10-13/h3-5,10,15H,2,6-9,11-12H2,1H3,(H,21,22). The smallest absolute Gasteiger partial charge is 0.257 e. The number of nitrogens with zero attached hydrogens (tertiary/aromatic N) is 3. The first-order valence-corrected chi connectivity index (χ1v) is 8.71. The van der Waals surface area contributed by atoms with E-state index in [0.29, 0.717) is 50.1 Å². The monoisotopic (exact) mass is 372 g/mol. The molecule has 8 heteroatoms. The van der Waals surface area contributed by atoms with Gasteiger partial charge in [-0.05, 0) is 24.6 Å². The van der Waals surface area contributed by atoms with Crippen LogP contribution in [0.2, 0.25) is 5.02 Å². The first kappa shape index (κ1) is 19.4. The number of hydrogen-bond donors (Lipinski definition) is 1. The van der Waals surface area contributed by atoms with Crippen LogP contribution in [0.4, 0.5) is 8.78 Å². The largest absolute Gasteiger partial charge is 0.357 e. The quantitative estimate of drug-likeness (QED) is 0.637. The zero-order chi connectivity index (χ0) is 18.2. The summed E-state index contributed by atoms with van der Waals surface area (Å²) in [6.07, 6.45) is -2.16. The molecule has 1 aromatic carbocycles. The molecule has 1 saturated heterocycles. The molecule has 1 N–H and O–H groups in total. The van der Waals surface area contributed by atoms with Crippen LogP contribution in [0.25, 0.3) is 0 Å². The summed E-state index contributed by atoms with van der Waals surface area (Å²) in [4.78, 5) is 20.1. The van der Waals surface area contributed by atoms with Gasteiger partial charge < -0.3 is 15.1 Å². The van der Waals surface area contributed by atoms with Crippen molar-refractivity contribution in [1.82, 2.24) is 15.1 Å². The predicted molar refractivity (Wildman–Crippen MR) is 95.3 cm³/mol. The summed E-state index contributed by atoms with van der Waals surface area (Å²) in [5.74, 6) is 0.515. The molecule has 1 aliphatic heterocycles. The van der Waals surface area contributed by atoms with Gasteiger partial charge in [0.2, 0.25) is 5.91 Å². The fourth-order valence-electron chi connectivity index (χ4n) is 2.68. The molecule has 0 unspecified atom stereocenters. The highest BCUT2D eigenvalue weighted by molar-refractivity contribution is 6.30. The van der Waals surface area contributed by atoms with Gasteiger partial charge in [-0.1, -0.05) is 23.7 Å². The minimum atomic E-state index is -2.46. The van der Waals surface area contributed by atoms with Crippen molar-refractivity contribution in [2.45, 2.75) is 19.8 Å². The topological polar surface area (TPSA) is 47.9 Å². The lowest BCUT2D eigenvalue weighted by Gasteiger charge is -2.36. The van der Waals surface area contributed by atoms with Crippen molar-refractivity contribution in [1.29, 1.82) is 0 Å². The van der Waals surface area contributed by atoms with Crippen LogP contribution in [0.5, 0.6) is 0 Å². The number of nitrogens with one attached hydrogen (secondary N) is 1. The molecule has 0 spiro atoms. The minimum absolute atomic E-state index is 0.0384. The number of piperazine rings is 1. The van der Waals surface area contributed by atoms with Gasteiger partial charge in [0.05, 0.1) is 6.42 Å². The summed E-state index contributed by atoms with van der Waals surface area (Å²) < 4.78 is 24.8. The molecule has 0 radical (unpaired) electrons. The van der Waals surface area contributed by atoms with Crippen LogP contribution in [-0.2, 0) is 11.2 Å². The Morgan fingerprint density at radius 3 is 2.56 bits per heavy atom. The summed E-state index contributed by atoms with van der Waals surface area (Å²) in [6, 6.07) is 7.26. The van der Waals surface area contributed by atoms with E-state index in [1.54, 1.807) is 17.0 Å². The van der Waals surface area contributed by atoms with E-state index in [1.165, 1.54) is 0 Å². The van der Waals surface area contributed by atoms with Gasteiger partial charge >= 0.3 is 0 Å². The predicted octanol–water partition coefficient (Wildman–Crippen LogP) is 2.26. The molecule has 138 valence electrons. The molecule has 0 aliphatic carbocycles. The molecule has 0 saturated carbocycles. The number of carbonyl (C=O) groups excluding carboxylic acids is 1. The second-order valence-corrected chi connectivity index (χ2v) is 6.20. The van der Waals surface area contributed by atoms with Crippen LogP contribution in [0.15, 0.2) is 29.3 Å². The number of alkyl halides is 2. The molecular formula is C17H23ClF2N4O. The fraction of sp³-hybridized carbons (Fsp3) is 0.529. The maximum absolute atomic E-state index is 12.4. The number of rotatable bonds is 5. The summed E-state index contributed by atoms with van der Waals surface area (Å²) in [6.45, 7) is 4.19. The highest BCUT2D eigenvalue weighted by atomic mass is 35.5.